The summed E-state index contributed by atoms with van der Waals surface area (Å²) in [4.78, 5) is 17.6. The van der Waals surface area contributed by atoms with Crippen LogP contribution in [-0.4, -0.2) is 56.7 Å². The maximum atomic E-state index is 15.0. The number of amides is 1. The summed E-state index contributed by atoms with van der Waals surface area (Å²) in [6, 6.07) is 14.2. The Morgan fingerprint density at radius 2 is 2.12 bits per heavy atom. The Morgan fingerprint density at radius 1 is 1.26 bits per heavy atom. The lowest BCUT2D eigenvalue weighted by atomic mass is 9.95. The van der Waals surface area contributed by atoms with Crippen LogP contribution in [0.25, 0.3) is 22.0 Å². The molecule has 0 aliphatic carbocycles. The number of hydrogen-bond donors (Lipinski definition) is 2. The molecule has 3 heterocycles. The van der Waals surface area contributed by atoms with Crippen molar-refractivity contribution in [2.24, 2.45) is 0 Å². The predicted octanol–water partition coefficient (Wildman–Crippen LogP) is 4.00. The van der Waals surface area contributed by atoms with Crippen LogP contribution in [-0.2, 0) is 11.2 Å². The molecule has 1 saturated heterocycles. The molecular weight excluding hydrogens is 435 g/mol. The van der Waals surface area contributed by atoms with Gasteiger partial charge >= 0.3 is 0 Å². The lowest BCUT2D eigenvalue weighted by Crippen LogP contribution is -2.47. The van der Waals surface area contributed by atoms with Crippen molar-refractivity contribution < 1.29 is 19.1 Å². The maximum Gasteiger partial charge on any atom is 0.281 e. The van der Waals surface area contributed by atoms with E-state index in [0.717, 1.165) is 38.9 Å². The number of benzene rings is 2. The third-order valence-corrected chi connectivity index (χ3v) is 6.30. The van der Waals surface area contributed by atoms with Gasteiger partial charge in [-0.1, -0.05) is 34.8 Å². The largest absolute Gasteiger partial charge is 0.388 e. The SMILES string of the molecule is Cc1n[nH]cc1-c1ccc(Cc2cc(C(=O)N(F)[C@@H]3CCOC[C@H]3O)cc3ccccc23)cn1. The number of ether oxygens (including phenoxy) is 1. The minimum Gasteiger partial charge on any atom is -0.388 e. The van der Waals surface area contributed by atoms with Crippen LogP contribution in [0.1, 0.15) is 33.6 Å². The number of hydrogen-bond acceptors (Lipinski definition) is 5. The molecule has 8 heteroatoms. The third-order valence-electron chi connectivity index (χ3n) is 6.30. The van der Waals surface area contributed by atoms with Crippen molar-refractivity contribution in [1.29, 1.82) is 0 Å². The highest BCUT2D eigenvalue weighted by Gasteiger charge is 2.34. The molecule has 1 aliphatic heterocycles. The molecule has 174 valence electrons. The van der Waals surface area contributed by atoms with Gasteiger partial charge in [-0.15, -0.1) is 0 Å². The van der Waals surface area contributed by atoms with Crippen molar-refractivity contribution in [2.45, 2.75) is 31.9 Å². The van der Waals surface area contributed by atoms with E-state index in [9.17, 15) is 9.90 Å². The van der Waals surface area contributed by atoms with Crippen molar-refractivity contribution in [3.05, 3.63) is 83.3 Å². The summed E-state index contributed by atoms with van der Waals surface area (Å²) in [6.45, 7) is 2.24. The molecule has 2 atom stereocenters. The van der Waals surface area contributed by atoms with E-state index in [0.29, 0.717) is 13.0 Å². The smallest absolute Gasteiger partial charge is 0.281 e. The van der Waals surface area contributed by atoms with Gasteiger partial charge < -0.3 is 9.84 Å². The number of rotatable bonds is 5. The molecule has 0 unspecified atom stereocenters. The van der Waals surface area contributed by atoms with Crippen molar-refractivity contribution in [1.82, 2.24) is 20.3 Å². The average Bonchev–Trinajstić information content (AvgIpc) is 3.29. The number of nitrogens with zero attached hydrogens (tertiary/aromatic N) is 3. The van der Waals surface area contributed by atoms with Gasteiger partial charge in [0.25, 0.3) is 5.91 Å². The quantitative estimate of drug-likeness (QED) is 0.439. The van der Waals surface area contributed by atoms with Crippen LogP contribution in [0, 0.1) is 6.92 Å². The van der Waals surface area contributed by atoms with Crippen LogP contribution in [0.15, 0.2) is 60.9 Å². The molecule has 0 bridgehead atoms. The molecule has 0 radical (unpaired) electrons. The van der Waals surface area contributed by atoms with E-state index in [-0.39, 0.29) is 23.7 Å². The molecule has 2 N–H and O–H groups in total. The number of aliphatic hydroxyl groups is 1. The van der Waals surface area contributed by atoms with Gasteiger partial charge in [0.1, 0.15) is 6.10 Å². The molecule has 0 spiro atoms. The Balaban J connectivity index is 1.45. The number of nitrogens with one attached hydrogen (secondary N) is 1. The summed E-state index contributed by atoms with van der Waals surface area (Å²) >= 11 is 0. The zero-order valence-corrected chi connectivity index (χ0v) is 18.7. The van der Waals surface area contributed by atoms with Crippen molar-refractivity contribution >= 4 is 16.7 Å². The second-order valence-corrected chi connectivity index (χ2v) is 8.58. The van der Waals surface area contributed by atoms with Gasteiger partial charge in [-0.2, -0.15) is 10.2 Å². The molecule has 5 rings (SSSR count). The van der Waals surface area contributed by atoms with E-state index in [4.69, 9.17) is 4.74 Å². The molecule has 0 saturated carbocycles. The summed E-state index contributed by atoms with van der Waals surface area (Å²) in [7, 11) is 0. The zero-order chi connectivity index (χ0) is 23.7. The fraction of sp³-hybridized carbons (Fsp3) is 0.269. The number of pyridine rings is 1. The first kappa shape index (κ1) is 22.2. The topological polar surface area (TPSA) is 91.3 Å². The van der Waals surface area contributed by atoms with Crippen LogP contribution < -0.4 is 0 Å². The van der Waals surface area contributed by atoms with Crippen molar-refractivity contribution in [3.8, 4) is 11.3 Å². The number of aromatic nitrogens is 3. The Hall–Kier alpha value is -3.62. The van der Waals surface area contributed by atoms with Gasteiger partial charge in [0.2, 0.25) is 0 Å². The van der Waals surface area contributed by atoms with Crippen LogP contribution in [0.5, 0.6) is 0 Å². The second-order valence-electron chi connectivity index (χ2n) is 8.58. The summed E-state index contributed by atoms with van der Waals surface area (Å²) in [5, 5.41) is 19.1. The zero-order valence-electron chi connectivity index (χ0n) is 18.7. The van der Waals surface area contributed by atoms with E-state index < -0.39 is 18.1 Å². The first-order chi connectivity index (χ1) is 16.5. The first-order valence-corrected chi connectivity index (χ1v) is 11.2. The lowest BCUT2D eigenvalue weighted by molar-refractivity contribution is -0.105. The summed E-state index contributed by atoms with van der Waals surface area (Å²) in [6.07, 6.45) is 3.36. The highest BCUT2D eigenvalue weighted by Crippen LogP contribution is 2.27. The number of aromatic amines is 1. The Bertz CT molecular complexity index is 1320. The monoisotopic (exact) mass is 460 g/mol. The van der Waals surface area contributed by atoms with Crippen LogP contribution in [0.2, 0.25) is 0 Å². The van der Waals surface area contributed by atoms with Crippen molar-refractivity contribution in [3.63, 3.8) is 0 Å². The molecule has 1 amide bonds. The summed E-state index contributed by atoms with van der Waals surface area (Å²) in [5.74, 6) is -0.762. The van der Waals surface area contributed by atoms with Gasteiger partial charge in [0, 0.05) is 30.1 Å². The number of aryl methyl sites for hydroxylation is 1. The fourth-order valence-corrected chi connectivity index (χ4v) is 4.44. The predicted molar refractivity (Wildman–Crippen MR) is 126 cm³/mol. The number of carbonyl (C=O) groups excluding carboxylic acids is 1. The number of aliphatic hydroxyl groups excluding tert-OH is 1. The average molecular weight is 461 g/mol. The minimum absolute atomic E-state index is 0.0165. The molecule has 1 aliphatic rings. The molecule has 2 aromatic carbocycles. The Morgan fingerprint density at radius 3 is 2.85 bits per heavy atom. The standard InChI is InChI=1S/C26H25FN4O3/c1-16-22(14-29-30-16)23-7-6-17(13-28-23)10-19-12-20(11-18-4-2-3-5-21(18)19)26(33)31(27)24-8-9-34-15-25(24)32/h2-7,11-14,24-25,32H,8-10,15H2,1H3,(H,29,30)/t24-,25-/m1/s1. The van der Waals surface area contributed by atoms with Crippen LogP contribution in [0.4, 0.5) is 4.48 Å². The van der Waals surface area contributed by atoms with Gasteiger partial charge in [-0.05, 0) is 59.9 Å². The van der Waals surface area contributed by atoms with Gasteiger partial charge in [0.15, 0.2) is 0 Å². The van der Waals surface area contributed by atoms with E-state index in [1.807, 2.05) is 55.7 Å². The summed E-state index contributed by atoms with van der Waals surface area (Å²) in [5.41, 5.74) is 4.76. The number of H-pyrrole nitrogens is 1. The van der Waals surface area contributed by atoms with E-state index >= 15 is 4.48 Å². The van der Waals surface area contributed by atoms with E-state index in [1.54, 1.807) is 12.1 Å². The second kappa shape index (κ2) is 9.32. The van der Waals surface area contributed by atoms with Crippen LogP contribution >= 0.6 is 0 Å². The lowest BCUT2D eigenvalue weighted by Gasteiger charge is -2.31. The van der Waals surface area contributed by atoms with Gasteiger partial charge in [0.05, 0.1) is 24.0 Å². The molecule has 7 nitrogen and oxygen atoms in total. The van der Waals surface area contributed by atoms with E-state index in [1.165, 1.54) is 0 Å². The third kappa shape index (κ3) is 4.30. The fourth-order valence-electron chi connectivity index (χ4n) is 4.44. The molecule has 1 fully saturated rings. The molecular formula is C26H25FN4O3. The maximum absolute atomic E-state index is 15.0. The first-order valence-electron chi connectivity index (χ1n) is 11.2. The highest BCUT2D eigenvalue weighted by molar-refractivity contribution is 5.99. The van der Waals surface area contributed by atoms with Crippen molar-refractivity contribution in [2.75, 3.05) is 13.2 Å². The van der Waals surface area contributed by atoms with Crippen LogP contribution in [0.3, 0.4) is 0 Å². The van der Waals surface area contributed by atoms with E-state index in [2.05, 4.69) is 15.2 Å². The normalized spacial score (nSPS) is 18.2. The van der Waals surface area contributed by atoms with Gasteiger partial charge in [-0.25, -0.2) is 0 Å². The number of carbonyl (C=O) groups is 1. The van der Waals surface area contributed by atoms with Gasteiger partial charge in [-0.3, -0.25) is 14.9 Å². The highest BCUT2D eigenvalue weighted by atomic mass is 19.2. The molecule has 34 heavy (non-hydrogen) atoms. The Labute approximate surface area is 196 Å². The summed E-state index contributed by atoms with van der Waals surface area (Å²) < 4.78 is 20.2. The number of fused-ring (bicyclic) bond motifs is 1. The minimum atomic E-state index is -1.05. The number of halogens is 1. The molecule has 2 aromatic heterocycles. The molecule has 4 aromatic rings. The Kier molecular flexibility index (Phi) is 6.08.